The predicted molar refractivity (Wildman–Crippen MR) is 178 cm³/mol. The van der Waals surface area contributed by atoms with Crippen LogP contribution in [-0.2, 0) is 14.2 Å². The fraction of sp³-hybridized carbons (Fsp3) is 0.517. The van der Waals surface area contributed by atoms with Gasteiger partial charge in [-0.3, -0.25) is 34.0 Å². The van der Waals surface area contributed by atoms with Crippen molar-refractivity contribution in [3.63, 3.8) is 0 Å². The molecule has 3 rings (SSSR count). The van der Waals surface area contributed by atoms with Gasteiger partial charge in [0.25, 0.3) is 11.8 Å². The molecule has 0 bridgehead atoms. The summed E-state index contributed by atoms with van der Waals surface area (Å²) in [5.74, 6) is -3.72. The van der Waals surface area contributed by atoms with Gasteiger partial charge < -0.3 is 31.9 Å². The molecule has 13 nitrogen and oxygen atoms in total. The van der Waals surface area contributed by atoms with Gasteiger partial charge in [0.1, 0.15) is 11.8 Å². The predicted octanol–water partition coefficient (Wildman–Crippen LogP) is 1.87. The van der Waals surface area contributed by atoms with Crippen LogP contribution < -0.4 is 27.4 Å². The van der Waals surface area contributed by atoms with E-state index in [-0.39, 0.29) is 63.2 Å². The normalized spacial score (nSPS) is 14.8. The Kier molecular flexibility index (Phi) is 16.6. The average Bonchev–Trinajstić information content (AvgIpc) is 2.95. The van der Waals surface area contributed by atoms with Gasteiger partial charge in [-0.2, -0.15) is 0 Å². The quantitative estimate of drug-likeness (QED) is 0.0726. The SMILES string of the molecule is CC(C)C[C@H](N[C@H](CCN1C(=O)c2cccc3cccc(c23)C1=O)P(=O)(O)O)C(=O)NC(CCCCN)C(=O)NCCN.Cl.Cl. The second-order valence-corrected chi connectivity index (χ2v) is 12.9. The van der Waals surface area contributed by atoms with Crippen LogP contribution in [0.2, 0.25) is 0 Å². The van der Waals surface area contributed by atoms with Crippen molar-refractivity contribution in [3.8, 4) is 0 Å². The number of hydrogen-bond acceptors (Lipinski definition) is 8. The molecule has 2 aromatic rings. The molecular formula is C29H45Cl2N6O7P. The number of carbonyl (C=O) groups is 4. The summed E-state index contributed by atoms with van der Waals surface area (Å²) in [5.41, 5.74) is 11.7. The Balaban J connectivity index is 0.00000506. The molecule has 0 saturated carbocycles. The second kappa shape index (κ2) is 18.5. The standard InChI is InChI=1S/C29H43N6O7P.2ClH/c1-18(2)17-23(27(37)34-22(11-3-4-13-30)26(36)32-15-14-31)33-24(43(40,41)42)12-16-35-28(38)20-9-5-7-19-8-6-10-21(25(19)20)29(35)39;;/h5-10,18,22-24,33H,3-4,11-17,30-31H2,1-2H3,(H,32,36)(H,34,37)(H2,40,41,42);2*1H/t22?,23-,24-;;/m0../s1. The summed E-state index contributed by atoms with van der Waals surface area (Å²) in [6.07, 6.45) is 1.46. The van der Waals surface area contributed by atoms with E-state index in [1.165, 1.54) is 0 Å². The Morgan fingerprint density at radius 2 is 1.49 bits per heavy atom. The van der Waals surface area contributed by atoms with Crippen molar-refractivity contribution in [3.05, 3.63) is 47.5 Å². The summed E-state index contributed by atoms with van der Waals surface area (Å²) in [7, 11) is -4.87. The first kappa shape index (κ1) is 40.4. The lowest BCUT2D eigenvalue weighted by Crippen LogP contribution is -2.55. The van der Waals surface area contributed by atoms with Crippen molar-refractivity contribution in [1.29, 1.82) is 0 Å². The van der Waals surface area contributed by atoms with Gasteiger partial charge in [0.05, 0.1) is 6.04 Å². The monoisotopic (exact) mass is 690 g/mol. The number of nitrogens with zero attached hydrogens (tertiary/aromatic N) is 1. The number of hydrogen-bond donors (Lipinski definition) is 7. The summed E-state index contributed by atoms with van der Waals surface area (Å²) in [6, 6.07) is 8.30. The van der Waals surface area contributed by atoms with E-state index in [1.807, 2.05) is 13.8 Å². The zero-order chi connectivity index (χ0) is 31.7. The molecule has 1 unspecified atom stereocenters. The molecule has 1 aliphatic rings. The molecular weight excluding hydrogens is 646 g/mol. The molecule has 0 aliphatic carbocycles. The summed E-state index contributed by atoms with van der Waals surface area (Å²) >= 11 is 0. The van der Waals surface area contributed by atoms with Gasteiger partial charge in [-0.25, -0.2) is 0 Å². The summed E-state index contributed by atoms with van der Waals surface area (Å²) < 4.78 is 12.6. The molecule has 0 spiro atoms. The zero-order valence-corrected chi connectivity index (χ0v) is 28.0. The van der Waals surface area contributed by atoms with Crippen molar-refractivity contribution in [2.45, 2.75) is 63.8 Å². The number of unbranched alkanes of at least 4 members (excludes halogenated alkanes) is 1. The third kappa shape index (κ3) is 10.7. The van der Waals surface area contributed by atoms with Crippen LogP contribution in [0, 0.1) is 5.92 Å². The Bertz CT molecular complexity index is 1330. The van der Waals surface area contributed by atoms with Crippen LogP contribution in [0.4, 0.5) is 0 Å². The van der Waals surface area contributed by atoms with Crippen molar-refractivity contribution in [2.24, 2.45) is 17.4 Å². The van der Waals surface area contributed by atoms with E-state index in [9.17, 15) is 33.5 Å². The van der Waals surface area contributed by atoms with Crippen molar-refractivity contribution < 1.29 is 33.5 Å². The van der Waals surface area contributed by atoms with E-state index < -0.39 is 49.1 Å². The van der Waals surface area contributed by atoms with Crippen LogP contribution in [0.5, 0.6) is 0 Å². The molecule has 252 valence electrons. The molecule has 0 fully saturated rings. The van der Waals surface area contributed by atoms with Gasteiger partial charge in [0.15, 0.2) is 0 Å². The molecule has 45 heavy (non-hydrogen) atoms. The van der Waals surface area contributed by atoms with E-state index in [0.29, 0.717) is 42.3 Å². The lowest BCUT2D eigenvalue weighted by Gasteiger charge is -2.31. The lowest BCUT2D eigenvalue weighted by molar-refractivity contribution is -0.130. The van der Waals surface area contributed by atoms with Crippen molar-refractivity contribution >= 4 is 66.8 Å². The minimum absolute atomic E-state index is 0. The van der Waals surface area contributed by atoms with E-state index in [1.54, 1.807) is 36.4 Å². The topological polar surface area (TPSA) is 217 Å². The molecule has 16 heteroatoms. The second-order valence-electron chi connectivity index (χ2n) is 11.1. The van der Waals surface area contributed by atoms with Gasteiger partial charge in [0, 0.05) is 36.1 Å². The zero-order valence-electron chi connectivity index (χ0n) is 25.4. The lowest BCUT2D eigenvalue weighted by atomic mass is 9.94. The van der Waals surface area contributed by atoms with Crippen LogP contribution in [0.1, 0.15) is 66.7 Å². The molecule has 3 atom stereocenters. The van der Waals surface area contributed by atoms with Crippen molar-refractivity contribution in [1.82, 2.24) is 20.9 Å². The third-order valence-electron chi connectivity index (χ3n) is 7.33. The molecule has 1 aliphatic heterocycles. The summed E-state index contributed by atoms with van der Waals surface area (Å²) in [5, 5.41) is 9.47. The molecule has 0 saturated heterocycles. The highest BCUT2D eigenvalue weighted by molar-refractivity contribution is 7.52. The largest absolute Gasteiger partial charge is 0.353 e. The Morgan fingerprint density at radius 3 is 2.00 bits per heavy atom. The van der Waals surface area contributed by atoms with Gasteiger partial charge >= 0.3 is 7.60 Å². The number of imide groups is 1. The highest BCUT2D eigenvalue weighted by atomic mass is 35.5. The number of amides is 4. The first-order chi connectivity index (χ1) is 20.4. The minimum atomic E-state index is -4.87. The average molecular weight is 692 g/mol. The third-order valence-corrected chi connectivity index (χ3v) is 8.55. The first-order valence-electron chi connectivity index (χ1n) is 14.6. The van der Waals surface area contributed by atoms with Crippen LogP contribution in [-0.4, -0.2) is 82.4 Å². The minimum Gasteiger partial charge on any atom is -0.353 e. The van der Waals surface area contributed by atoms with Gasteiger partial charge in [0.2, 0.25) is 11.8 Å². The number of nitrogens with one attached hydrogen (secondary N) is 3. The Labute approximate surface area is 275 Å². The van der Waals surface area contributed by atoms with E-state index in [2.05, 4.69) is 16.0 Å². The highest BCUT2D eigenvalue weighted by Gasteiger charge is 2.38. The fourth-order valence-corrected chi connectivity index (χ4v) is 6.02. The molecule has 0 aromatic heterocycles. The van der Waals surface area contributed by atoms with Crippen LogP contribution in [0.3, 0.4) is 0 Å². The molecule has 0 radical (unpaired) electrons. The maximum Gasteiger partial charge on any atom is 0.342 e. The van der Waals surface area contributed by atoms with Gasteiger partial charge in [-0.1, -0.05) is 38.1 Å². The van der Waals surface area contributed by atoms with E-state index in [4.69, 9.17) is 11.5 Å². The maximum absolute atomic E-state index is 13.4. The van der Waals surface area contributed by atoms with Crippen molar-refractivity contribution in [2.75, 3.05) is 26.2 Å². The number of nitrogens with two attached hydrogens (primary N) is 2. The smallest absolute Gasteiger partial charge is 0.342 e. The fourth-order valence-electron chi connectivity index (χ4n) is 5.19. The number of halogens is 2. The molecule has 1 heterocycles. The van der Waals surface area contributed by atoms with Crippen LogP contribution >= 0.6 is 32.4 Å². The van der Waals surface area contributed by atoms with Crippen LogP contribution in [0.15, 0.2) is 36.4 Å². The highest BCUT2D eigenvalue weighted by Crippen LogP contribution is 2.42. The van der Waals surface area contributed by atoms with E-state index >= 15 is 0 Å². The van der Waals surface area contributed by atoms with Gasteiger partial charge in [-0.15, -0.1) is 24.8 Å². The van der Waals surface area contributed by atoms with E-state index in [0.717, 1.165) is 10.3 Å². The Hall–Kier alpha value is -2.61. The molecule has 4 amide bonds. The van der Waals surface area contributed by atoms with Crippen LogP contribution in [0.25, 0.3) is 10.8 Å². The maximum atomic E-state index is 13.4. The first-order valence-corrected chi connectivity index (χ1v) is 16.2. The summed E-state index contributed by atoms with van der Waals surface area (Å²) in [6.45, 7) is 4.29. The Morgan fingerprint density at radius 1 is 0.889 bits per heavy atom. The van der Waals surface area contributed by atoms with Gasteiger partial charge in [-0.05, 0) is 62.1 Å². The summed E-state index contributed by atoms with van der Waals surface area (Å²) in [4.78, 5) is 74.2. The number of rotatable bonds is 17. The molecule has 9 N–H and O–H groups in total. The number of carbonyl (C=O) groups excluding carboxylic acids is 4. The molecule has 2 aromatic carbocycles. The number of benzene rings is 2.